The number of piperidine rings is 1. The van der Waals surface area contributed by atoms with Gasteiger partial charge in [-0.2, -0.15) is 0 Å². The molecular formula is C17H29N3O2. The quantitative estimate of drug-likeness (QED) is 0.908. The number of carbonyl (C=O) groups is 1. The van der Waals surface area contributed by atoms with Gasteiger partial charge in [0.25, 0.3) is 5.91 Å². The molecule has 1 aliphatic rings. The van der Waals surface area contributed by atoms with Gasteiger partial charge in [0.1, 0.15) is 11.3 Å². The molecule has 1 aromatic rings. The van der Waals surface area contributed by atoms with E-state index in [-0.39, 0.29) is 11.4 Å². The Balaban J connectivity index is 1.96. The minimum atomic E-state index is -0.0895. The van der Waals surface area contributed by atoms with Crippen LogP contribution in [0, 0.1) is 19.8 Å². The third-order valence-electron chi connectivity index (χ3n) is 4.89. The summed E-state index contributed by atoms with van der Waals surface area (Å²) in [6.45, 7) is 13.1. The predicted octanol–water partition coefficient (Wildman–Crippen LogP) is 2.92. The van der Waals surface area contributed by atoms with Crippen molar-refractivity contribution < 1.29 is 9.32 Å². The van der Waals surface area contributed by atoms with Crippen LogP contribution in [0.15, 0.2) is 4.52 Å². The van der Waals surface area contributed by atoms with Gasteiger partial charge >= 0.3 is 0 Å². The summed E-state index contributed by atoms with van der Waals surface area (Å²) in [7, 11) is 0. The topological polar surface area (TPSA) is 58.4 Å². The number of carbonyl (C=O) groups excluding carboxylic acids is 1. The van der Waals surface area contributed by atoms with Crippen LogP contribution in [0.4, 0.5) is 0 Å². The highest BCUT2D eigenvalue weighted by molar-refractivity contribution is 5.96. The number of amides is 1. The van der Waals surface area contributed by atoms with Crippen LogP contribution in [0.2, 0.25) is 0 Å². The molecule has 22 heavy (non-hydrogen) atoms. The van der Waals surface area contributed by atoms with E-state index in [4.69, 9.17) is 4.52 Å². The molecule has 0 saturated carbocycles. The minimum Gasteiger partial charge on any atom is -0.361 e. The summed E-state index contributed by atoms with van der Waals surface area (Å²) in [6, 6.07) is 0. The molecule has 2 heterocycles. The zero-order valence-electron chi connectivity index (χ0n) is 14.5. The smallest absolute Gasteiger partial charge is 0.256 e. The maximum absolute atomic E-state index is 12.4. The molecule has 5 heteroatoms. The minimum absolute atomic E-state index is 0.0392. The molecule has 0 aliphatic carbocycles. The average molecular weight is 307 g/mol. The summed E-state index contributed by atoms with van der Waals surface area (Å²) in [5.74, 6) is 1.27. The zero-order chi connectivity index (χ0) is 16.3. The number of hydrogen-bond donors (Lipinski definition) is 1. The fraction of sp³-hybridized carbons (Fsp3) is 0.765. The molecule has 1 amide bonds. The Morgan fingerprint density at radius 1 is 1.45 bits per heavy atom. The molecule has 1 N–H and O–H groups in total. The van der Waals surface area contributed by atoms with E-state index in [9.17, 15) is 4.79 Å². The number of aromatic nitrogens is 1. The van der Waals surface area contributed by atoms with E-state index in [1.165, 1.54) is 19.3 Å². The summed E-state index contributed by atoms with van der Waals surface area (Å²) < 4.78 is 5.07. The fourth-order valence-electron chi connectivity index (χ4n) is 3.25. The SMILES string of the molecule is CC[C@@H]1CCCN(C(C)(C)CNC(=O)c2c(C)noc2C)C1. The molecule has 0 radical (unpaired) electrons. The van der Waals surface area contributed by atoms with Crippen molar-refractivity contribution in [3.05, 3.63) is 17.0 Å². The molecule has 5 nitrogen and oxygen atoms in total. The van der Waals surface area contributed by atoms with E-state index in [0.717, 1.165) is 19.0 Å². The van der Waals surface area contributed by atoms with Gasteiger partial charge < -0.3 is 9.84 Å². The van der Waals surface area contributed by atoms with E-state index < -0.39 is 0 Å². The molecule has 124 valence electrons. The monoisotopic (exact) mass is 307 g/mol. The van der Waals surface area contributed by atoms with Gasteiger partial charge in [0.15, 0.2) is 0 Å². The largest absolute Gasteiger partial charge is 0.361 e. The first-order chi connectivity index (χ1) is 10.3. The molecule has 1 aromatic heterocycles. The van der Waals surface area contributed by atoms with Crippen molar-refractivity contribution in [2.75, 3.05) is 19.6 Å². The van der Waals surface area contributed by atoms with Crippen LogP contribution in [0.1, 0.15) is 61.8 Å². The van der Waals surface area contributed by atoms with Crippen LogP contribution < -0.4 is 5.32 Å². The van der Waals surface area contributed by atoms with Gasteiger partial charge in [0, 0.05) is 18.6 Å². The molecular weight excluding hydrogens is 278 g/mol. The second kappa shape index (κ2) is 6.82. The van der Waals surface area contributed by atoms with Crippen molar-refractivity contribution in [1.29, 1.82) is 0 Å². The number of likely N-dealkylation sites (tertiary alicyclic amines) is 1. The van der Waals surface area contributed by atoms with Crippen molar-refractivity contribution in [2.24, 2.45) is 5.92 Å². The highest BCUT2D eigenvalue weighted by Crippen LogP contribution is 2.25. The molecule has 0 aromatic carbocycles. The van der Waals surface area contributed by atoms with Gasteiger partial charge in [-0.25, -0.2) is 0 Å². The van der Waals surface area contributed by atoms with E-state index in [0.29, 0.717) is 23.6 Å². The van der Waals surface area contributed by atoms with Gasteiger partial charge in [-0.1, -0.05) is 18.5 Å². The van der Waals surface area contributed by atoms with Gasteiger partial charge in [-0.3, -0.25) is 9.69 Å². The van der Waals surface area contributed by atoms with E-state index in [1.54, 1.807) is 13.8 Å². The predicted molar refractivity (Wildman–Crippen MR) is 87.0 cm³/mol. The van der Waals surface area contributed by atoms with Crippen LogP contribution in [0.25, 0.3) is 0 Å². The van der Waals surface area contributed by atoms with Crippen LogP contribution in [-0.2, 0) is 0 Å². The van der Waals surface area contributed by atoms with Crippen molar-refractivity contribution in [2.45, 2.75) is 59.4 Å². The third kappa shape index (κ3) is 3.69. The first-order valence-corrected chi connectivity index (χ1v) is 8.31. The lowest BCUT2D eigenvalue weighted by molar-refractivity contribution is 0.0611. The van der Waals surface area contributed by atoms with E-state index in [2.05, 4.69) is 36.1 Å². The van der Waals surface area contributed by atoms with Gasteiger partial charge in [-0.15, -0.1) is 0 Å². The maximum Gasteiger partial charge on any atom is 0.256 e. The van der Waals surface area contributed by atoms with Crippen LogP contribution in [-0.4, -0.2) is 41.1 Å². The Bertz CT molecular complexity index is 502. The number of hydrogen-bond acceptors (Lipinski definition) is 4. The van der Waals surface area contributed by atoms with Crippen molar-refractivity contribution in [1.82, 2.24) is 15.4 Å². The zero-order valence-corrected chi connectivity index (χ0v) is 14.5. The summed E-state index contributed by atoms with van der Waals surface area (Å²) in [5.41, 5.74) is 1.18. The van der Waals surface area contributed by atoms with Crippen LogP contribution in [0.5, 0.6) is 0 Å². The summed E-state index contributed by atoms with van der Waals surface area (Å²) in [5, 5.41) is 6.90. The number of aryl methyl sites for hydroxylation is 2. The Kier molecular flexibility index (Phi) is 5.27. The van der Waals surface area contributed by atoms with Crippen LogP contribution in [0.3, 0.4) is 0 Å². The Labute approximate surface area is 133 Å². The lowest BCUT2D eigenvalue weighted by atomic mass is 9.91. The summed E-state index contributed by atoms with van der Waals surface area (Å²) >= 11 is 0. The standard InChI is InChI=1S/C17H29N3O2/c1-6-14-8-7-9-20(10-14)17(4,5)11-18-16(21)15-12(2)19-22-13(15)3/h14H,6-11H2,1-5H3,(H,18,21)/t14-/m1/s1. The molecule has 1 fully saturated rings. The number of nitrogens with zero attached hydrogens (tertiary/aromatic N) is 2. The Morgan fingerprint density at radius 2 is 2.18 bits per heavy atom. The average Bonchev–Trinajstić information content (AvgIpc) is 2.84. The van der Waals surface area contributed by atoms with Gasteiger partial charge in [0.2, 0.25) is 0 Å². The van der Waals surface area contributed by atoms with Crippen molar-refractivity contribution in [3.63, 3.8) is 0 Å². The second-order valence-electron chi connectivity index (χ2n) is 7.06. The molecule has 0 unspecified atom stereocenters. The van der Waals surface area contributed by atoms with Crippen molar-refractivity contribution in [3.8, 4) is 0 Å². The summed E-state index contributed by atoms with van der Waals surface area (Å²) in [4.78, 5) is 14.9. The fourth-order valence-corrected chi connectivity index (χ4v) is 3.25. The first-order valence-electron chi connectivity index (χ1n) is 8.31. The van der Waals surface area contributed by atoms with Crippen molar-refractivity contribution >= 4 is 5.91 Å². The molecule has 2 rings (SSSR count). The van der Waals surface area contributed by atoms with Crippen LogP contribution >= 0.6 is 0 Å². The molecule has 0 bridgehead atoms. The molecule has 0 spiro atoms. The number of nitrogens with one attached hydrogen (secondary N) is 1. The molecule has 1 saturated heterocycles. The Morgan fingerprint density at radius 3 is 2.77 bits per heavy atom. The highest BCUT2D eigenvalue weighted by atomic mass is 16.5. The summed E-state index contributed by atoms with van der Waals surface area (Å²) in [6.07, 6.45) is 3.81. The molecule has 1 aliphatic heterocycles. The third-order valence-corrected chi connectivity index (χ3v) is 4.89. The van der Waals surface area contributed by atoms with E-state index in [1.807, 2.05) is 0 Å². The lowest BCUT2D eigenvalue weighted by Crippen LogP contribution is -2.54. The molecule has 1 atom stereocenters. The lowest BCUT2D eigenvalue weighted by Gasteiger charge is -2.43. The maximum atomic E-state index is 12.4. The normalized spacial score (nSPS) is 20.1. The first kappa shape index (κ1) is 17.0. The van der Waals surface area contributed by atoms with Gasteiger partial charge in [0.05, 0.1) is 5.69 Å². The number of rotatable bonds is 5. The Hall–Kier alpha value is -1.36. The second-order valence-corrected chi connectivity index (χ2v) is 7.06. The van der Waals surface area contributed by atoms with Gasteiger partial charge in [-0.05, 0) is 53.0 Å². The highest BCUT2D eigenvalue weighted by Gasteiger charge is 2.31. The van der Waals surface area contributed by atoms with E-state index >= 15 is 0 Å².